The van der Waals surface area contributed by atoms with E-state index < -0.39 is 0 Å². The summed E-state index contributed by atoms with van der Waals surface area (Å²) in [6.45, 7) is 0. The lowest BCUT2D eigenvalue weighted by Gasteiger charge is -2.17. The molecular weight excluding hydrogens is 1810 g/mol. The van der Waals surface area contributed by atoms with Crippen LogP contribution in [-0.2, 0) is 0 Å². The van der Waals surface area contributed by atoms with Gasteiger partial charge < -0.3 is 22.7 Å². The van der Waals surface area contributed by atoms with Crippen LogP contribution in [0.4, 0.5) is 0 Å². The van der Waals surface area contributed by atoms with Gasteiger partial charge in [0.25, 0.3) is 0 Å². The van der Waals surface area contributed by atoms with Crippen LogP contribution in [0.25, 0.3) is 249 Å². The Morgan fingerprint density at radius 1 is 0.188 bits per heavy atom. The van der Waals surface area contributed by atoms with Gasteiger partial charge in [0, 0.05) is 88.1 Å². The molecule has 1 atom stereocenters. The highest BCUT2D eigenvalue weighted by molar-refractivity contribution is 6.15. The Kier molecular flexibility index (Phi) is 22.6. The van der Waals surface area contributed by atoms with E-state index in [9.17, 15) is 0 Å². The van der Waals surface area contributed by atoms with Gasteiger partial charge in [-0.25, -0.2) is 15.0 Å². The second kappa shape index (κ2) is 38.2. The highest BCUT2D eigenvalue weighted by Crippen LogP contribution is 2.45. The third kappa shape index (κ3) is 16.6. The Morgan fingerprint density at radius 3 is 0.906 bits per heavy atom. The zero-order valence-corrected chi connectivity index (χ0v) is 81.4. The van der Waals surface area contributed by atoms with Gasteiger partial charge in [-0.15, -0.1) is 0 Å². The SMILES string of the molecule is C1=CC(c2nc(-c3cccc(-c4ccc(-c5ccccc5)cc4)c3)nc(-c3cccc4c3oc3ccccc34)n2)CC=C1c1ccccc1.c1ccc(-c2ccc(-c3cccc(-n4c5ccccc5c5cc(-c6cccc(-n7c8ccccc8c8ccccc87)c6)ccc54)c3)cc2)cc1.c1ccc(-c2ccc(-c3cccc(-n4c5ccccc5c5ccc(-c6cccc(-n7c8ccccc8c8ccccc87)c6)cc54)c3)cc2)cc1. The average Bonchev–Trinajstić information content (AvgIpc) is 1.58. The van der Waals surface area contributed by atoms with Crippen LogP contribution in [-0.4, -0.2) is 33.2 Å². The van der Waals surface area contributed by atoms with E-state index in [1.165, 1.54) is 176 Å². The second-order valence-corrected chi connectivity index (χ2v) is 38.4. The summed E-state index contributed by atoms with van der Waals surface area (Å²) in [4.78, 5) is 15.4. The molecule has 1 aliphatic carbocycles. The summed E-state index contributed by atoms with van der Waals surface area (Å²) in [6, 6.07) is 193. The van der Waals surface area contributed by atoms with Crippen molar-refractivity contribution in [1.29, 1.82) is 0 Å². The van der Waals surface area contributed by atoms with Gasteiger partial charge in [-0.05, 0) is 228 Å². The van der Waals surface area contributed by atoms with E-state index in [2.05, 4.69) is 540 Å². The standard InChI is InChI=1S/2C48H32N2.C45H31N3O/c1-2-12-33(13-3-1)34-24-26-35(27-25-34)36-14-10-17-40(30-36)50-47-23-9-6-20-43(47)44-29-28-38(32-48(44)50)37-15-11-16-39(31-37)49-45-21-7-4-18-41(45)42-19-5-8-22-46(42)49;1-2-12-33(13-3-1)34-24-26-35(27-25-34)36-14-10-16-39(30-36)50-47-23-9-6-20-43(47)44-32-38(28-29-48(44)50)37-15-11-17-40(31-37)49-45-21-7-4-18-41(45)42-19-5-8-22-46(42)49;1-3-11-30(12-4-1)32-21-23-34(24-22-32)36-15-9-16-37(29-36)44-46-43(35-27-25-33(26-28-35)31-13-5-2-6-14-31)47-45(48-44)40-19-10-18-39-38-17-7-8-20-41(38)49-42(39)40/h2*1-32H;1-27,29,35H,28H2. The van der Waals surface area contributed by atoms with Crippen LogP contribution >= 0.6 is 0 Å². The fourth-order valence-corrected chi connectivity index (χ4v) is 22.2. The van der Waals surface area contributed by atoms with Crippen LogP contribution in [0, 0.1) is 0 Å². The first-order valence-electron chi connectivity index (χ1n) is 51.0. The van der Waals surface area contributed by atoms with E-state index >= 15 is 0 Å². The summed E-state index contributed by atoms with van der Waals surface area (Å²) in [5, 5.41) is 12.2. The lowest BCUT2D eigenvalue weighted by molar-refractivity contribution is 0.669. The number of para-hydroxylation sites is 8. The summed E-state index contributed by atoms with van der Waals surface area (Å²) in [6.07, 6.45) is 7.49. The lowest BCUT2D eigenvalue weighted by Crippen LogP contribution is -2.08. The normalized spacial score (nSPS) is 12.5. The first-order valence-corrected chi connectivity index (χ1v) is 51.0. The molecular formula is C141H95N7O. The van der Waals surface area contributed by atoms with Crippen LogP contribution in [0.5, 0.6) is 0 Å². The van der Waals surface area contributed by atoms with Gasteiger partial charge in [0.05, 0.1) is 49.7 Å². The number of fused-ring (bicyclic) bond motifs is 15. The van der Waals surface area contributed by atoms with E-state index in [0.29, 0.717) is 11.6 Å². The largest absolute Gasteiger partial charge is 0.455 e. The van der Waals surface area contributed by atoms with Crippen LogP contribution in [0.1, 0.15) is 23.7 Å². The molecule has 0 saturated heterocycles. The van der Waals surface area contributed by atoms with Crippen molar-refractivity contribution in [1.82, 2.24) is 33.2 Å². The Bertz CT molecular complexity index is 9930. The average molecular weight is 1900 g/mol. The molecule has 22 aromatic carbocycles. The molecule has 0 bridgehead atoms. The predicted molar refractivity (Wildman–Crippen MR) is 623 cm³/mol. The number of hydrogen-bond donors (Lipinski definition) is 0. The minimum absolute atomic E-state index is 0.0107. The van der Waals surface area contributed by atoms with E-state index in [-0.39, 0.29) is 5.92 Å². The van der Waals surface area contributed by atoms with Gasteiger partial charge >= 0.3 is 0 Å². The van der Waals surface area contributed by atoms with E-state index in [4.69, 9.17) is 19.4 Å². The van der Waals surface area contributed by atoms with E-state index in [1.54, 1.807) is 0 Å². The maximum Gasteiger partial charge on any atom is 0.167 e. The first kappa shape index (κ1) is 88.3. The van der Waals surface area contributed by atoms with Crippen LogP contribution in [0.3, 0.4) is 0 Å². The molecule has 6 heterocycles. The Balaban J connectivity index is 0.000000110. The van der Waals surface area contributed by atoms with Crippen molar-refractivity contribution >= 4 is 115 Å². The third-order valence-electron chi connectivity index (χ3n) is 29.5. The molecule has 28 aromatic rings. The van der Waals surface area contributed by atoms with Crippen molar-refractivity contribution in [2.45, 2.75) is 12.3 Å². The monoisotopic (exact) mass is 1900 g/mol. The fourth-order valence-electron chi connectivity index (χ4n) is 22.2. The molecule has 0 saturated carbocycles. The number of furan rings is 1. The first-order chi connectivity index (χ1) is 73.9. The van der Waals surface area contributed by atoms with Crippen LogP contribution in [0.2, 0.25) is 0 Å². The highest BCUT2D eigenvalue weighted by atomic mass is 16.3. The molecule has 0 radical (unpaired) electrons. The van der Waals surface area contributed by atoms with Gasteiger partial charge in [0.15, 0.2) is 11.6 Å². The number of benzene rings is 22. The highest BCUT2D eigenvalue weighted by Gasteiger charge is 2.25. The molecule has 0 fully saturated rings. The Labute approximate surface area is 862 Å². The molecule has 8 heteroatoms. The van der Waals surface area contributed by atoms with Crippen molar-refractivity contribution in [2.75, 3.05) is 0 Å². The summed E-state index contributed by atoms with van der Waals surface area (Å²) in [5.41, 5.74) is 39.3. The van der Waals surface area contributed by atoms with Gasteiger partial charge in [-0.3, -0.25) is 0 Å². The molecule has 0 amide bonds. The molecule has 1 aliphatic rings. The molecule has 6 aromatic heterocycles. The van der Waals surface area contributed by atoms with E-state index in [0.717, 1.165) is 79.2 Å². The molecule has 700 valence electrons. The van der Waals surface area contributed by atoms with Gasteiger partial charge in [0.2, 0.25) is 0 Å². The lowest BCUT2D eigenvalue weighted by atomic mass is 9.92. The second-order valence-electron chi connectivity index (χ2n) is 38.4. The summed E-state index contributed by atoms with van der Waals surface area (Å²) < 4.78 is 16.0. The summed E-state index contributed by atoms with van der Waals surface area (Å²) in [7, 11) is 0. The van der Waals surface area contributed by atoms with E-state index in [1.807, 2.05) is 36.4 Å². The van der Waals surface area contributed by atoms with Crippen LogP contribution < -0.4 is 0 Å². The maximum absolute atomic E-state index is 6.43. The molecule has 8 nitrogen and oxygen atoms in total. The van der Waals surface area contributed by atoms with Crippen molar-refractivity contribution in [3.8, 4) is 135 Å². The molecule has 0 N–H and O–H groups in total. The predicted octanol–water partition coefficient (Wildman–Crippen LogP) is 37.3. The number of rotatable bonds is 16. The molecule has 1 unspecified atom stereocenters. The van der Waals surface area contributed by atoms with Crippen LogP contribution in [0.15, 0.2) is 563 Å². The Hall–Kier alpha value is -19.7. The maximum atomic E-state index is 6.43. The third-order valence-corrected chi connectivity index (χ3v) is 29.5. The Morgan fingerprint density at radius 2 is 0.477 bits per heavy atom. The molecule has 149 heavy (non-hydrogen) atoms. The van der Waals surface area contributed by atoms with Crippen molar-refractivity contribution in [3.05, 3.63) is 570 Å². The van der Waals surface area contributed by atoms with Gasteiger partial charge in [-0.2, -0.15) is 0 Å². The topological polar surface area (TPSA) is 71.5 Å². The zero-order chi connectivity index (χ0) is 98.6. The molecule has 0 aliphatic heterocycles. The number of nitrogens with zero attached hydrogens (tertiary/aromatic N) is 7. The molecule has 29 rings (SSSR count). The fraction of sp³-hybridized carbons (Fsp3) is 0.0142. The quantitative estimate of drug-likeness (QED) is 0.0966. The van der Waals surface area contributed by atoms with Crippen molar-refractivity contribution < 1.29 is 4.42 Å². The summed E-state index contributed by atoms with van der Waals surface area (Å²) in [5.74, 6) is 2.00. The smallest absolute Gasteiger partial charge is 0.167 e. The zero-order valence-electron chi connectivity index (χ0n) is 81.4. The number of allylic oxidation sites excluding steroid dienone is 4. The van der Waals surface area contributed by atoms with Gasteiger partial charge in [-0.1, -0.05) is 437 Å². The minimum Gasteiger partial charge on any atom is -0.455 e. The van der Waals surface area contributed by atoms with Gasteiger partial charge in [0.1, 0.15) is 17.0 Å². The number of aromatic nitrogens is 7. The number of hydrogen-bond acceptors (Lipinski definition) is 4. The van der Waals surface area contributed by atoms with Crippen molar-refractivity contribution in [2.24, 2.45) is 0 Å². The van der Waals surface area contributed by atoms with Crippen molar-refractivity contribution in [3.63, 3.8) is 0 Å². The summed E-state index contributed by atoms with van der Waals surface area (Å²) >= 11 is 0. The minimum atomic E-state index is 0.0107. The molecule has 0 spiro atoms.